The number of hydrogen-bond donors (Lipinski definition) is 3. The van der Waals surface area contributed by atoms with Gasteiger partial charge in [-0.25, -0.2) is 0 Å². The Labute approximate surface area is 237 Å². The standard InChI is InChI=1S/C29H35IN2O6/c1-3-4-13-27(34)32(16-14-20-9-5-7-11-24(20)37-2)23-18-21(29(36)31-15-17-33)19-26(28(23)35)38-25-12-8-6-10-22(25)30/h4-13,19,23,26,28,33,35H,3,14-18H2,1-2H3,(H,31,36). The second-order valence-electron chi connectivity index (χ2n) is 8.85. The SMILES string of the molecule is CCC=CC(=O)N(CCc1ccccc1OC)C1CC(C(=O)NCCO)=CC(Oc2ccccc2I)C1O. The number of allylic oxidation sites excluding steroid dienone is 1. The number of carbonyl (C=O) groups excluding carboxylic acids is 2. The third-order valence-electron chi connectivity index (χ3n) is 6.31. The van der Waals surface area contributed by atoms with Gasteiger partial charge in [0.25, 0.3) is 0 Å². The fourth-order valence-corrected chi connectivity index (χ4v) is 4.89. The third-order valence-corrected chi connectivity index (χ3v) is 7.20. The Balaban J connectivity index is 1.95. The van der Waals surface area contributed by atoms with Gasteiger partial charge in [-0.15, -0.1) is 0 Å². The van der Waals surface area contributed by atoms with Crippen LogP contribution in [0.2, 0.25) is 0 Å². The molecule has 0 saturated heterocycles. The van der Waals surface area contributed by atoms with Crippen molar-refractivity contribution >= 4 is 34.4 Å². The van der Waals surface area contributed by atoms with E-state index in [4.69, 9.17) is 9.47 Å². The van der Waals surface area contributed by atoms with Gasteiger partial charge >= 0.3 is 0 Å². The van der Waals surface area contributed by atoms with Gasteiger partial charge in [-0.3, -0.25) is 9.59 Å². The number of benzene rings is 2. The van der Waals surface area contributed by atoms with Gasteiger partial charge in [0.15, 0.2) is 0 Å². The molecule has 0 heterocycles. The van der Waals surface area contributed by atoms with Crippen molar-refractivity contribution in [1.29, 1.82) is 0 Å². The van der Waals surface area contributed by atoms with E-state index in [0.29, 0.717) is 30.7 Å². The minimum Gasteiger partial charge on any atom is -0.496 e. The molecule has 0 saturated carbocycles. The predicted octanol–water partition coefficient (Wildman–Crippen LogP) is 3.25. The second-order valence-corrected chi connectivity index (χ2v) is 10.0. The van der Waals surface area contributed by atoms with Crippen molar-refractivity contribution in [3.8, 4) is 11.5 Å². The lowest BCUT2D eigenvalue weighted by atomic mass is 9.87. The van der Waals surface area contributed by atoms with Crippen molar-refractivity contribution in [3.05, 3.63) is 81.5 Å². The van der Waals surface area contributed by atoms with Crippen LogP contribution < -0.4 is 14.8 Å². The highest BCUT2D eigenvalue weighted by Gasteiger charge is 2.40. The molecule has 0 bridgehead atoms. The number of rotatable bonds is 12. The average molecular weight is 635 g/mol. The second kappa shape index (κ2) is 14.9. The number of ether oxygens (including phenoxy) is 2. The van der Waals surface area contributed by atoms with Gasteiger partial charge in [-0.2, -0.15) is 0 Å². The van der Waals surface area contributed by atoms with E-state index in [0.717, 1.165) is 14.9 Å². The summed E-state index contributed by atoms with van der Waals surface area (Å²) in [5, 5.41) is 23.4. The van der Waals surface area contributed by atoms with Crippen molar-refractivity contribution < 1.29 is 29.3 Å². The smallest absolute Gasteiger partial charge is 0.247 e. The average Bonchev–Trinajstić information content (AvgIpc) is 2.93. The minimum atomic E-state index is -1.09. The van der Waals surface area contributed by atoms with Crippen LogP contribution in [-0.4, -0.2) is 72.0 Å². The molecule has 1 aliphatic carbocycles. The maximum atomic E-state index is 13.4. The van der Waals surface area contributed by atoms with Crippen LogP contribution in [0, 0.1) is 3.57 Å². The van der Waals surface area contributed by atoms with E-state index >= 15 is 0 Å². The molecule has 0 fully saturated rings. The molecule has 3 unspecified atom stereocenters. The summed E-state index contributed by atoms with van der Waals surface area (Å²) in [6.07, 6.45) is 4.27. The molecule has 38 heavy (non-hydrogen) atoms. The van der Waals surface area contributed by atoms with Crippen molar-refractivity contribution in [1.82, 2.24) is 10.2 Å². The molecule has 3 rings (SSSR count). The number of carbonyl (C=O) groups is 2. The summed E-state index contributed by atoms with van der Waals surface area (Å²) >= 11 is 2.15. The quantitative estimate of drug-likeness (QED) is 0.245. The van der Waals surface area contributed by atoms with Crippen LogP contribution in [0.3, 0.4) is 0 Å². The largest absolute Gasteiger partial charge is 0.496 e. The van der Waals surface area contributed by atoms with Crippen LogP contribution in [-0.2, 0) is 16.0 Å². The zero-order chi connectivity index (χ0) is 27.5. The maximum absolute atomic E-state index is 13.4. The number of aliphatic hydroxyl groups excluding tert-OH is 2. The molecule has 3 atom stereocenters. The fourth-order valence-electron chi connectivity index (χ4n) is 4.37. The third kappa shape index (κ3) is 7.81. The van der Waals surface area contributed by atoms with Gasteiger partial charge < -0.3 is 29.9 Å². The van der Waals surface area contributed by atoms with E-state index in [-0.39, 0.29) is 31.4 Å². The zero-order valence-electron chi connectivity index (χ0n) is 21.7. The van der Waals surface area contributed by atoms with Crippen molar-refractivity contribution in [2.24, 2.45) is 0 Å². The topological polar surface area (TPSA) is 108 Å². The van der Waals surface area contributed by atoms with E-state index in [1.807, 2.05) is 49.4 Å². The molecule has 0 aromatic heterocycles. The van der Waals surface area contributed by atoms with Gasteiger partial charge in [-0.1, -0.05) is 43.3 Å². The Morgan fingerprint density at radius 2 is 1.87 bits per heavy atom. The summed E-state index contributed by atoms with van der Waals surface area (Å²) in [6.45, 7) is 2.14. The molecule has 9 heteroatoms. The zero-order valence-corrected chi connectivity index (χ0v) is 23.8. The van der Waals surface area contributed by atoms with Crippen LogP contribution >= 0.6 is 22.6 Å². The Kier molecular flexibility index (Phi) is 11.6. The van der Waals surface area contributed by atoms with Crippen LogP contribution in [0.1, 0.15) is 25.3 Å². The normalized spacial score (nSPS) is 19.1. The molecule has 3 N–H and O–H groups in total. The number of methoxy groups -OCH3 is 1. The Morgan fingerprint density at radius 3 is 2.55 bits per heavy atom. The Bertz CT molecular complexity index is 1150. The molecular formula is C29H35IN2O6. The van der Waals surface area contributed by atoms with Crippen LogP contribution in [0.15, 0.2) is 72.3 Å². The first kappa shape index (κ1) is 29.7. The molecular weight excluding hydrogens is 599 g/mol. The van der Waals surface area contributed by atoms with Crippen LogP contribution in [0.4, 0.5) is 0 Å². The Hall–Kier alpha value is -2.89. The molecule has 8 nitrogen and oxygen atoms in total. The molecule has 2 aromatic carbocycles. The lowest BCUT2D eigenvalue weighted by Crippen LogP contribution is -2.55. The van der Waals surface area contributed by atoms with Crippen molar-refractivity contribution in [2.75, 3.05) is 26.8 Å². The number of hydrogen-bond acceptors (Lipinski definition) is 6. The highest BCUT2D eigenvalue weighted by molar-refractivity contribution is 14.1. The van der Waals surface area contributed by atoms with E-state index in [1.165, 1.54) is 6.08 Å². The van der Waals surface area contributed by atoms with Gasteiger partial charge in [0, 0.05) is 25.1 Å². The van der Waals surface area contributed by atoms with E-state index in [2.05, 4.69) is 27.9 Å². The minimum absolute atomic E-state index is 0.0984. The number of nitrogens with one attached hydrogen (secondary N) is 1. The summed E-state index contributed by atoms with van der Waals surface area (Å²) in [4.78, 5) is 27.9. The maximum Gasteiger partial charge on any atom is 0.247 e. The summed E-state index contributed by atoms with van der Waals surface area (Å²) in [5.41, 5.74) is 1.32. The summed E-state index contributed by atoms with van der Waals surface area (Å²) < 4.78 is 12.5. The van der Waals surface area contributed by atoms with E-state index in [1.54, 1.807) is 30.2 Å². The van der Waals surface area contributed by atoms with Crippen LogP contribution in [0.5, 0.6) is 11.5 Å². The highest BCUT2D eigenvalue weighted by Crippen LogP contribution is 2.30. The summed E-state index contributed by atoms with van der Waals surface area (Å²) in [6, 6.07) is 14.3. The van der Waals surface area contributed by atoms with E-state index in [9.17, 15) is 19.8 Å². The molecule has 0 radical (unpaired) electrons. The molecule has 0 spiro atoms. The number of nitrogens with zero attached hydrogens (tertiary/aromatic N) is 1. The van der Waals surface area contributed by atoms with E-state index < -0.39 is 18.2 Å². The number of amides is 2. The Morgan fingerprint density at radius 1 is 1.16 bits per heavy atom. The van der Waals surface area contributed by atoms with Gasteiger partial charge in [-0.05, 0) is 71.3 Å². The lowest BCUT2D eigenvalue weighted by molar-refractivity contribution is -0.133. The number of para-hydroxylation sites is 2. The van der Waals surface area contributed by atoms with Gasteiger partial charge in [0.2, 0.25) is 11.8 Å². The molecule has 2 aromatic rings. The predicted molar refractivity (Wildman–Crippen MR) is 154 cm³/mol. The summed E-state index contributed by atoms with van der Waals surface area (Å²) in [7, 11) is 1.60. The van der Waals surface area contributed by atoms with Gasteiger partial charge in [0.1, 0.15) is 23.7 Å². The fraction of sp³-hybridized carbons (Fsp3) is 0.379. The first-order valence-corrected chi connectivity index (χ1v) is 13.8. The van der Waals surface area contributed by atoms with Crippen LogP contribution in [0.25, 0.3) is 0 Å². The molecule has 2 amide bonds. The highest BCUT2D eigenvalue weighted by atomic mass is 127. The summed E-state index contributed by atoms with van der Waals surface area (Å²) in [5.74, 6) is 0.670. The lowest BCUT2D eigenvalue weighted by Gasteiger charge is -2.40. The van der Waals surface area contributed by atoms with Crippen molar-refractivity contribution in [3.63, 3.8) is 0 Å². The molecule has 0 aliphatic heterocycles. The number of aliphatic hydroxyl groups is 2. The monoisotopic (exact) mass is 634 g/mol. The first-order valence-electron chi connectivity index (χ1n) is 12.7. The first-order chi connectivity index (χ1) is 18.4. The van der Waals surface area contributed by atoms with Crippen molar-refractivity contribution in [2.45, 2.75) is 44.4 Å². The van der Waals surface area contributed by atoms with Gasteiger partial charge in [0.05, 0.1) is 23.3 Å². The molecule has 1 aliphatic rings. The number of halogens is 1. The molecule has 204 valence electrons.